The van der Waals surface area contributed by atoms with Crippen LogP contribution >= 0.6 is 11.6 Å². The van der Waals surface area contributed by atoms with E-state index in [0.717, 1.165) is 0 Å². The molecule has 1 rings (SSSR count). The van der Waals surface area contributed by atoms with Crippen molar-refractivity contribution in [2.75, 3.05) is 5.32 Å². The van der Waals surface area contributed by atoms with E-state index in [-0.39, 0.29) is 5.82 Å². The number of aromatic nitrogens is 1. The molecule has 1 aromatic rings. The number of halogens is 1. The Labute approximate surface area is 84.6 Å². The topological polar surface area (TPSA) is 84.2 Å². The summed E-state index contributed by atoms with van der Waals surface area (Å²) in [5.74, 6) is -0.356. The predicted molar refractivity (Wildman–Crippen MR) is 49.0 cm³/mol. The van der Waals surface area contributed by atoms with Gasteiger partial charge in [-0.05, 0) is 6.92 Å². The molecule has 0 saturated carbocycles. The largest absolute Gasteiger partial charge is 0.363 e. The smallest absolute Gasteiger partial charge is 0.327 e. The van der Waals surface area contributed by atoms with Gasteiger partial charge in [0.25, 0.3) is 0 Å². The summed E-state index contributed by atoms with van der Waals surface area (Å²) in [7, 11) is 0. The van der Waals surface area contributed by atoms with Crippen LogP contribution in [0.5, 0.6) is 0 Å². The highest BCUT2D eigenvalue weighted by Crippen LogP contribution is 2.00. The number of urea groups is 1. The lowest BCUT2D eigenvalue weighted by Crippen LogP contribution is -2.38. The Hall–Kier alpha value is -1.56. The van der Waals surface area contributed by atoms with Gasteiger partial charge < -0.3 is 4.52 Å². The zero-order valence-electron chi connectivity index (χ0n) is 7.28. The first-order valence-corrected chi connectivity index (χ1v) is 4.19. The lowest BCUT2D eigenvalue weighted by molar-refractivity contribution is -0.119. The zero-order chi connectivity index (χ0) is 10.6. The highest BCUT2D eigenvalue weighted by Gasteiger charge is 2.13. The number of imide groups is 1. The second-order valence-corrected chi connectivity index (χ2v) is 3.10. The van der Waals surface area contributed by atoms with E-state index in [2.05, 4.69) is 15.0 Å². The van der Waals surface area contributed by atoms with Crippen molar-refractivity contribution in [3.63, 3.8) is 0 Å². The molecule has 0 spiro atoms. The van der Waals surface area contributed by atoms with Crippen LogP contribution in [-0.4, -0.2) is 22.5 Å². The summed E-state index contributed by atoms with van der Waals surface area (Å²) in [6.45, 7) is 1.46. The number of amides is 3. The lowest BCUT2D eigenvalue weighted by atomic mass is 10.4. The maximum Gasteiger partial charge on any atom is 0.327 e. The first-order valence-electron chi connectivity index (χ1n) is 3.76. The van der Waals surface area contributed by atoms with Gasteiger partial charge in [0.05, 0.1) is 0 Å². The molecule has 0 saturated heterocycles. The van der Waals surface area contributed by atoms with Crippen LogP contribution in [-0.2, 0) is 4.79 Å². The average Bonchev–Trinajstić information content (AvgIpc) is 2.56. The summed E-state index contributed by atoms with van der Waals surface area (Å²) in [6.07, 6.45) is 1.29. The fraction of sp³-hybridized carbons (Fsp3) is 0.286. The van der Waals surface area contributed by atoms with E-state index in [4.69, 9.17) is 11.6 Å². The molecule has 0 aliphatic heterocycles. The molecular formula is C7H8ClN3O3. The summed E-state index contributed by atoms with van der Waals surface area (Å²) in [5.41, 5.74) is 0. The molecule has 0 fully saturated rings. The van der Waals surface area contributed by atoms with Gasteiger partial charge in [0.1, 0.15) is 11.6 Å². The third-order valence-corrected chi connectivity index (χ3v) is 1.48. The number of carbonyl (C=O) groups excluding carboxylic acids is 2. The molecule has 1 aromatic heterocycles. The van der Waals surface area contributed by atoms with E-state index >= 15 is 0 Å². The first-order chi connectivity index (χ1) is 6.59. The van der Waals surface area contributed by atoms with E-state index < -0.39 is 17.3 Å². The van der Waals surface area contributed by atoms with Gasteiger partial charge in [-0.3, -0.25) is 15.4 Å². The minimum atomic E-state index is -0.766. The molecule has 6 nitrogen and oxygen atoms in total. The van der Waals surface area contributed by atoms with Gasteiger partial charge in [0.15, 0.2) is 5.82 Å². The Kier molecular flexibility index (Phi) is 3.47. The van der Waals surface area contributed by atoms with E-state index in [1.165, 1.54) is 19.3 Å². The third-order valence-electron chi connectivity index (χ3n) is 1.28. The van der Waals surface area contributed by atoms with Crippen molar-refractivity contribution in [2.45, 2.75) is 12.3 Å². The van der Waals surface area contributed by atoms with Crippen molar-refractivity contribution in [3.8, 4) is 0 Å². The van der Waals surface area contributed by atoms with Crippen LogP contribution in [0.1, 0.15) is 6.92 Å². The molecule has 0 aliphatic rings. The summed E-state index contributed by atoms with van der Waals surface area (Å²) < 4.78 is 4.46. The van der Waals surface area contributed by atoms with Crippen molar-refractivity contribution in [3.05, 3.63) is 12.3 Å². The number of hydrogen-bond donors (Lipinski definition) is 2. The van der Waals surface area contributed by atoms with E-state index in [0.29, 0.717) is 0 Å². The maximum absolute atomic E-state index is 11.0. The quantitative estimate of drug-likeness (QED) is 0.723. The Morgan fingerprint density at radius 1 is 1.64 bits per heavy atom. The minimum Gasteiger partial charge on any atom is -0.363 e. The van der Waals surface area contributed by atoms with Crippen LogP contribution < -0.4 is 10.6 Å². The average molecular weight is 218 g/mol. The second-order valence-electron chi connectivity index (χ2n) is 2.44. The van der Waals surface area contributed by atoms with E-state index in [1.54, 1.807) is 0 Å². The normalized spacial score (nSPS) is 11.9. The zero-order valence-corrected chi connectivity index (χ0v) is 8.04. The Bertz CT molecular complexity index is 323. The van der Waals surface area contributed by atoms with Gasteiger partial charge in [-0.1, -0.05) is 5.16 Å². The van der Waals surface area contributed by atoms with Crippen LogP contribution in [0.2, 0.25) is 0 Å². The fourth-order valence-electron chi connectivity index (χ4n) is 0.636. The molecule has 3 amide bonds. The summed E-state index contributed by atoms with van der Waals surface area (Å²) in [5, 5.41) is 6.94. The molecular weight excluding hydrogens is 210 g/mol. The van der Waals surface area contributed by atoms with Crippen molar-refractivity contribution in [1.82, 2.24) is 10.5 Å². The van der Waals surface area contributed by atoms with Gasteiger partial charge in [-0.25, -0.2) is 4.79 Å². The maximum atomic E-state index is 11.0. The molecule has 76 valence electrons. The number of nitrogens with one attached hydrogen (secondary N) is 2. The molecule has 1 unspecified atom stereocenters. The number of rotatable bonds is 2. The summed E-state index contributed by atoms with van der Waals surface area (Å²) in [4.78, 5) is 22.0. The third kappa shape index (κ3) is 3.06. The van der Waals surface area contributed by atoms with E-state index in [9.17, 15) is 9.59 Å². The van der Waals surface area contributed by atoms with Gasteiger partial charge in [0, 0.05) is 6.07 Å². The SMILES string of the molecule is CC(Cl)C(=O)NC(=O)Nc1ccon1. The minimum absolute atomic E-state index is 0.220. The van der Waals surface area contributed by atoms with Crippen LogP contribution in [0, 0.1) is 0 Å². The number of nitrogens with zero attached hydrogens (tertiary/aromatic N) is 1. The van der Waals surface area contributed by atoms with Crippen LogP contribution in [0.15, 0.2) is 16.9 Å². The lowest BCUT2D eigenvalue weighted by Gasteiger charge is -2.04. The molecule has 0 radical (unpaired) electrons. The molecule has 0 aliphatic carbocycles. The Morgan fingerprint density at radius 2 is 2.36 bits per heavy atom. The summed E-state index contributed by atoms with van der Waals surface area (Å²) in [6, 6.07) is 0.741. The number of alkyl halides is 1. The number of hydrogen-bond acceptors (Lipinski definition) is 4. The monoisotopic (exact) mass is 217 g/mol. The van der Waals surface area contributed by atoms with Crippen LogP contribution in [0.4, 0.5) is 10.6 Å². The molecule has 0 aromatic carbocycles. The van der Waals surface area contributed by atoms with Gasteiger partial charge >= 0.3 is 6.03 Å². The van der Waals surface area contributed by atoms with Crippen molar-refractivity contribution >= 4 is 29.4 Å². The summed E-state index contributed by atoms with van der Waals surface area (Å²) >= 11 is 5.43. The van der Waals surface area contributed by atoms with E-state index in [1.807, 2.05) is 5.32 Å². The van der Waals surface area contributed by atoms with Gasteiger partial charge in [-0.15, -0.1) is 11.6 Å². The number of carbonyl (C=O) groups is 2. The second kappa shape index (κ2) is 4.61. The molecule has 1 heterocycles. The number of anilines is 1. The molecule has 14 heavy (non-hydrogen) atoms. The van der Waals surface area contributed by atoms with Crippen molar-refractivity contribution < 1.29 is 14.1 Å². The standard InChI is InChI=1S/C7H8ClN3O3/c1-4(8)6(12)10-7(13)9-5-2-3-14-11-5/h2-4H,1H3,(H2,9,10,11,12,13). The van der Waals surface area contributed by atoms with Crippen molar-refractivity contribution in [1.29, 1.82) is 0 Å². The molecule has 7 heteroatoms. The Balaban J connectivity index is 2.41. The molecule has 0 bridgehead atoms. The Morgan fingerprint density at radius 3 is 2.86 bits per heavy atom. The highest BCUT2D eigenvalue weighted by atomic mass is 35.5. The highest BCUT2D eigenvalue weighted by molar-refractivity contribution is 6.31. The van der Waals surface area contributed by atoms with Crippen LogP contribution in [0.25, 0.3) is 0 Å². The predicted octanol–water partition coefficient (Wildman–Crippen LogP) is 0.950. The van der Waals surface area contributed by atoms with Crippen molar-refractivity contribution in [2.24, 2.45) is 0 Å². The van der Waals surface area contributed by atoms with Crippen LogP contribution in [0.3, 0.4) is 0 Å². The van der Waals surface area contributed by atoms with Gasteiger partial charge in [-0.2, -0.15) is 0 Å². The fourth-order valence-corrected chi connectivity index (χ4v) is 0.690. The molecule has 1 atom stereocenters. The molecule has 2 N–H and O–H groups in total. The first kappa shape index (κ1) is 10.5. The van der Waals surface area contributed by atoms with Gasteiger partial charge in [0.2, 0.25) is 5.91 Å².